The second-order valence-electron chi connectivity index (χ2n) is 4.45. The summed E-state index contributed by atoms with van der Waals surface area (Å²) in [5.74, 6) is -1.55. The molecule has 0 saturated carbocycles. The molecule has 0 fully saturated rings. The number of ketones is 1. The Kier molecular flexibility index (Phi) is 5.19. The number of carbonyl (C=O) groups is 2. The molecule has 6 heteroatoms. The van der Waals surface area contributed by atoms with E-state index in [1.54, 1.807) is 0 Å². The van der Waals surface area contributed by atoms with Crippen molar-refractivity contribution in [2.45, 2.75) is 0 Å². The highest BCUT2D eigenvalue weighted by molar-refractivity contribution is 5.99. The largest absolute Gasteiger partial charge is 0.484 e. The van der Waals surface area contributed by atoms with Crippen molar-refractivity contribution in [2.75, 3.05) is 13.2 Å². The first-order valence-corrected chi connectivity index (χ1v) is 6.48. The van der Waals surface area contributed by atoms with E-state index in [9.17, 15) is 18.4 Å². The molecule has 0 atom stereocenters. The van der Waals surface area contributed by atoms with Gasteiger partial charge in [0, 0.05) is 11.6 Å². The first-order chi connectivity index (χ1) is 10.5. The van der Waals surface area contributed by atoms with Gasteiger partial charge in [0.15, 0.2) is 12.4 Å². The van der Waals surface area contributed by atoms with Gasteiger partial charge in [-0.3, -0.25) is 9.59 Å². The number of nitrogens with one attached hydrogen (secondary N) is 1. The van der Waals surface area contributed by atoms with E-state index in [4.69, 9.17) is 4.74 Å². The molecular formula is C16H13F2NO3. The minimum absolute atomic E-state index is 0.222. The summed E-state index contributed by atoms with van der Waals surface area (Å²) in [7, 11) is 0. The second kappa shape index (κ2) is 7.31. The molecule has 1 N–H and O–H groups in total. The third-order valence-electron chi connectivity index (χ3n) is 2.78. The molecule has 1 amide bonds. The van der Waals surface area contributed by atoms with E-state index in [0.717, 1.165) is 6.07 Å². The zero-order valence-corrected chi connectivity index (χ0v) is 11.5. The maximum absolute atomic E-state index is 12.9. The highest BCUT2D eigenvalue weighted by Gasteiger charge is 2.09. The number of halogens is 2. The van der Waals surface area contributed by atoms with Crippen LogP contribution in [0.5, 0.6) is 5.75 Å². The number of amides is 1. The molecule has 4 nitrogen and oxygen atoms in total. The van der Waals surface area contributed by atoms with Crippen molar-refractivity contribution in [1.29, 1.82) is 0 Å². The normalized spacial score (nSPS) is 10.1. The lowest BCUT2D eigenvalue weighted by atomic mass is 10.1. The van der Waals surface area contributed by atoms with Crippen molar-refractivity contribution >= 4 is 11.7 Å². The summed E-state index contributed by atoms with van der Waals surface area (Å²) in [6.45, 7) is -0.558. The lowest BCUT2D eigenvalue weighted by Gasteiger charge is -2.07. The summed E-state index contributed by atoms with van der Waals surface area (Å²) in [5, 5.41) is 2.38. The Morgan fingerprint density at radius 2 is 1.73 bits per heavy atom. The Morgan fingerprint density at radius 1 is 1.00 bits per heavy atom. The Morgan fingerprint density at radius 3 is 2.41 bits per heavy atom. The topological polar surface area (TPSA) is 55.4 Å². The van der Waals surface area contributed by atoms with E-state index in [-0.39, 0.29) is 24.7 Å². The van der Waals surface area contributed by atoms with Crippen LogP contribution in [0.15, 0.2) is 48.5 Å². The Balaban J connectivity index is 1.78. The van der Waals surface area contributed by atoms with Gasteiger partial charge in [-0.15, -0.1) is 0 Å². The van der Waals surface area contributed by atoms with Crippen LogP contribution in [0.2, 0.25) is 0 Å². The van der Waals surface area contributed by atoms with E-state index >= 15 is 0 Å². The van der Waals surface area contributed by atoms with Gasteiger partial charge in [0.1, 0.15) is 17.4 Å². The minimum Gasteiger partial charge on any atom is -0.484 e. The van der Waals surface area contributed by atoms with Crippen molar-refractivity contribution < 1.29 is 23.1 Å². The standard InChI is InChI=1S/C16H13F2NO3/c17-12-6-4-11(5-7-12)15(20)9-19-16(21)10-22-14-3-1-2-13(18)8-14/h1-8H,9-10H2,(H,19,21). The fourth-order valence-corrected chi connectivity index (χ4v) is 1.67. The summed E-state index contributed by atoms with van der Waals surface area (Å²) >= 11 is 0. The van der Waals surface area contributed by atoms with Crippen LogP contribution in [0.3, 0.4) is 0 Å². The van der Waals surface area contributed by atoms with Crippen LogP contribution < -0.4 is 10.1 Å². The van der Waals surface area contributed by atoms with Crippen molar-refractivity contribution in [2.24, 2.45) is 0 Å². The summed E-state index contributed by atoms with van der Waals surface area (Å²) in [4.78, 5) is 23.3. The summed E-state index contributed by atoms with van der Waals surface area (Å²) in [5.41, 5.74) is 0.299. The first-order valence-electron chi connectivity index (χ1n) is 6.48. The highest BCUT2D eigenvalue weighted by atomic mass is 19.1. The Bertz CT molecular complexity index is 671. The van der Waals surface area contributed by atoms with Gasteiger partial charge in [-0.2, -0.15) is 0 Å². The van der Waals surface area contributed by atoms with Gasteiger partial charge >= 0.3 is 0 Å². The number of hydrogen-bond donors (Lipinski definition) is 1. The van der Waals surface area contributed by atoms with Gasteiger partial charge < -0.3 is 10.1 Å². The fraction of sp³-hybridized carbons (Fsp3) is 0.125. The van der Waals surface area contributed by atoms with Crippen molar-refractivity contribution in [1.82, 2.24) is 5.32 Å². The third kappa shape index (κ3) is 4.66. The van der Waals surface area contributed by atoms with Gasteiger partial charge in [0.05, 0.1) is 6.54 Å². The van der Waals surface area contributed by atoms with Gasteiger partial charge in [-0.1, -0.05) is 6.07 Å². The molecule has 0 aromatic heterocycles. The van der Waals surface area contributed by atoms with Gasteiger partial charge in [-0.05, 0) is 36.4 Å². The molecule has 0 aliphatic rings. The molecular weight excluding hydrogens is 292 g/mol. The second-order valence-corrected chi connectivity index (χ2v) is 4.45. The molecule has 0 saturated heterocycles. The van der Waals surface area contributed by atoms with Gasteiger partial charge in [-0.25, -0.2) is 8.78 Å². The van der Waals surface area contributed by atoms with Crippen LogP contribution in [0.1, 0.15) is 10.4 Å². The SMILES string of the molecule is O=C(COc1cccc(F)c1)NCC(=O)c1ccc(F)cc1. The van der Waals surface area contributed by atoms with E-state index in [0.29, 0.717) is 5.56 Å². The molecule has 22 heavy (non-hydrogen) atoms. The first kappa shape index (κ1) is 15.6. The Labute approximate surface area is 125 Å². The lowest BCUT2D eigenvalue weighted by Crippen LogP contribution is -2.33. The van der Waals surface area contributed by atoms with E-state index in [1.165, 1.54) is 42.5 Å². The lowest BCUT2D eigenvalue weighted by molar-refractivity contribution is -0.122. The Hall–Kier alpha value is -2.76. The van der Waals surface area contributed by atoms with Crippen LogP contribution in [-0.2, 0) is 4.79 Å². The third-order valence-corrected chi connectivity index (χ3v) is 2.78. The van der Waals surface area contributed by atoms with Crippen molar-refractivity contribution in [3.8, 4) is 5.75 Å². The average Bonchev–Trinajstić information content (AvgIpc) is 2.51. The predicted molar refractivity (Wildman–Crippen MR) is 75.6 cm³/mol. The van der Waals surface area contributed by atoms with Crippen LogP contribution >= 0.6 is 0 Å². The van der Waals surface area contributed by atoms with Crippen molar-refractivity contribution in [3.05, 3.63) is 65.7 Å². The molecule has 0 radical (unpaired) electrons. The molecule has 114 valence electrons. The maximum atomic E-state index is 12.9. The van der Waals surface area contributed by atoms with E-state index < -0.39 is 17.5 Å². The monoisotopic (exact) mass is 305 g/mol. The molecule has 2 rings (SSSR count). The maximum Gasteiger partial charge on any atom is 0.258 e. The number of Topliss-reactive ketones (excluding diaryl/α,β-unsaturated/α-hetero) is 1. The van der Waals surface area contributed by atoms with Gasteiger partial charge in [0.2, 0.25) is 0 Å². The molecule has 0 bridgehead atoms. The molecule has 0 unspecified atom stereocenters. The molecule has 0 aliphatic carbocycles. The summed E-state index contributed by atoms with van der Waals surface area (Å²) in [6.07, 6.45) is 0. The zero-order valence-electron chi connectivity index (χ0n) is 11.5. The zero-order chi connectivity index (χ0) is 15.9. The molecule has 0 aliphatic heterocycles. The van der Waals surface area contributed by atoms with Crippen LogP contribution in [0, 0.1) is 11.6 Å². The van der Waals surface area contributed by atoms with Crippen LogP contribution in [0.25, 0.3) is 0 Å². The van der Waals surface area contributed by atoms with E-state index in [1.807, 2.05) is 0 Å². The average molecular weight is 305 g/mol. The highest BCUT2D eigenvalue weighted by Crippen LogP contribution is 2.11. The van der Waals surface area contributed by atoms with E-state index in [2.05, 4.69) is 5.32 Å². The van der Waals surface area contributed by atoms with Crippen LogP contribution in [0.4, 0.5) is 8.78 Å². The molecule has 0 heterocycles. The number of carbonyl (C=O) groups excluding carboxylic acids is 2. The quantitative estimate of drug-likeness (QED) is 0.834. The number of ether oxygens (including phenoxy) is 1. The van der Waals surface area contributed by atoms with Crippen molar-refractivity contribution in [3.63, 3.8) is 0 Å². The minimum atomic E-state index is -0.514. The number of benzene rings is 2. The fourth-order valence-electron chi connectivity index (χ4n) is 1.67. The summed E-state index contributed by atoms with van der Waals surface area (Å²) < 4.78 is 30.7. The molecule has 2 aromatic rings. The molecule has 2 aromatic carbocycles. The molecule has 0 spiro atoms. The van der Waals surface area contributed by atoms with Gasteiger partial charge in [0.25, 0.3) is 5.91 Å². The predicted octanol–water partition coefficient (Wildman–Crippen LogP) is 2.34. The smallest absolute Gasteiger partial charge is 0.258 e. The summed E-state index contributed by atoms with van der Waals surface area (Å²) in [6, 6.07) is 10.4. The number of rotatable bonds is 6. The number of hydrogen-bond acceptors (Lipinski definition) is 3. The van der Waals surface area contributed by atoms with Crippen LogP contribution in [-0.4, -0.2) is 24.8 Å².